The molecule has 2 N–H and O–H groups in total. The summed E-state index contributed by atoms with van der Waals surface area (Å²) in [6, 6.07) is 0.436. The first-order valence-electron chi connectivity index (χ1n) is 9.38. The van der Waals surface area contributed by atoms with Gasteiger partial charge >= 0.3 is 0 Å². The summed E-state index contributed by atoms with van der Waals surface area (Å²) < 4.78 is 0. The van der Waals surface area contributed by atoms with E-state index in [-0.39, 0.29) is 5.91 Å². The van der Waals surface area contributed by atoms with Crippen LogP contribution in [0.1, 0.15) is 59.3 Å². The molecule has 2 saturated heterocycles. The van der Waals surface area contributed by atoms with Gasteiger partial charge in [0.05, 0.1) is 6.54 Å². The summed E-state index contributed by atoms with van der Waals surface area (Å²) in [5, 5.41) is 6.63. The van der Waals surface area contributed by atoms with Gasteiger partial charge < -0.3 is 10.6 Å². The van der Waals surface area contributed by atoms with Crippen LogP contribution in [-0.2, 0) is 4.79 Å². The number of piperidine rings is 1. The van der Waals surface area contributed by atoms with Crippen LogP contribution >= 0.6 is 0 Å². The van der Waals surface area contributed by atoms with Crippen molar-refractivity contribution in [2.75, 3.05) is 32.7 Å². The van der Waals surface area contributed by atoms with Crippen molar-refractivity contribution in [2.45, 2.75) is 65.3 Å². The molecule has 2 aliphatic heterocycles. The molecule has 0 unspecified atom stereocenters. The summed E-state index contributed by atoms with van der Waals surface area (Å²) in [5.41, 5.74) is 0.576. The minimum atomic E-state index is 0.243. The summed E-state index contributed by atoms with van der Waals surface area (Å²) in [5.74, 6) is 1.09. The Kier molecular flexibility index (Phi) is 6.69. The highest BCUT2D eigenvalue weighted by Gasteiger charge is 2.39. The van der Waals surface area contributed by atoms with Crippen molar-refractivity contribution in [3.8, 4) is 0 Å². The quantitative estimate of drug-likeness (QED) is 0.841. The molecule has 3 rings (SSSR count). The molecule has 4 heteroatoms. The maximum atomic E-state index is 12.1. The predicted octanol–water partition coefficient (Wildman–Crippen LogP) is 2.39. The summed E-state index contributed by atoms with van der Waals surface area (Å²) in [4.78, 5) is 14.5. The third-order valence-corrected chi connectivity index (χ3v) is 5.66. The van der Waals surface area contributed by atoms with Gasteiger partial charge in [0.25, 0.3) is 0 Å². The number of carbonyl (C=O) groups excluding carboxylic acids is 1. The molecule has 3 fully saturated rings. The van der Waals surface area contributed by atoms with E-state index in [0.717, 1.165) is 19.0 Å². The molecule has 0 bridgehead atoms. The van der Waals surface area contributed by atoms with E-state index in [9.17, 15) is 4.79 Å². The Morgan fingerprint density at radius 2 is 1.73 bits per heavy atom. The molecular formula is C18H35N3O. The number of amides is 1. The van der Waals surface area contributed by atoms with Crippen LogP contribution in [0.3, 0.4) is 0 Å². The van der Waals surface area contributed by atoms with Crippen molar-refractivity contribution in [1.29, 1.82) is 0 Å². The van der Waals surface area contributed by atoms with E-state index < -0.39 is 0 Å². The van der Waals surface area contributed by atoms with Crippen molar-refractivity contribution < 1.29 is 4.79 Å². The SMILES string of the molecule is CC.CC1CCC(NC(=O)CN2CCC3(CC2)CNC3)CC1. The number of likely N-dealkylation sites (tertiary alicyclic amines) is 1. The van der Waals surface area contributed by atoms with Gasteiger partial charge in [-0.1, -0.05) is 20.8 Å². The zero-order valence-electron chi connectivity index (χ0n) is 14.8. The van der Waals surface area contributed by atoms with Crippen LogP contribution in [0.2, 0.25) is 0 Å². The monoisotopic (exact) mass is 309 g/mol. The van der Waals surface area contributed by atoms with Crippen molar-refractivity contribution in [3.05, 3.63) is 0 Å². The Balaban J connectivity index is 0.000000847. The minimum absolute atomic E-state index is 0.243. The molecule has 1 saturated carbocycles. The molecule has 1 spiro atoms. The van der Waals surface area contributed by atoms with Crippen molar-refractivity contribution in [3.63, 3.8) is 0 Å². The maximum Gasteiger partial charge on any atom is 0.234 e. The lowest BCUT2D eigenvalue weighted by atomic mass is 9.73. The Morgan fingerprint density at radius 1 is 1.14 bits per heavy atom. The highest BCUT2D eigenvalue weighted by molar-refractivity contribution is 5.78. The first-order valence-corrected chi connectivity index (χ1v) is 9.38. The molecule has 0 aromatic heterocycles. The largest absolute Gasteiger partial charge is 0.352 e. The van der Waals surface area contributed by atoms with Crippen LogP contribution in [0, 0.1) is 11.3 Å². The number of nitrogens with one attached hydrogen (secondary N) is 2. The number of hydrogen-bond donors (Lipinski definition) is 2. The maximum absolute atomic E-state index is 12.1. The lowest BCUT2D eigenvalue weighted by Crippen LogP contribution is -2.59. The van der Waals surface area contributed by atoms with Crippen molar-refractivity contribution in [2.24, 2.45) is 11.3 Å². The molecule has 4 nitrogen and oxygen atoms in total. The van der Waals surface area contributed by atoms with E-state index in [0.29, 0.717) is 18.0 Å². The summed E-state index contributed by atoms with van der Waals surface area (Å²) in [7, 11) is 0. The standard InChI is InChI=1S/C16H29N3O.C2H6/c1-13-2-4-14(5-3-13)18-15(20)10-19-8-6-16(7-9-19)11-17-12-16;1-2/h13-14,17H,2-12H2,1H3,(H,18,20);1-2H3. The van der Waals surface area contributed by atoms with Gasteiger partial charge in [0.1, 0.15) is 0 Å². The minimum Gasteiger partial charge on any atom is -0.352 e. The fourth-order valence-electron chi connectivity index (χ4n) is 3.90. The van der Waals surface area contributed by atoms with E-state index in [4.69, 9.17) is 0 Å². The number of nitrogens with zero attached hydrogens (tertiary/aromatic N) is 1. The van der Waals surface area contributed by atoms with Crippen molar-refractivity contribution in [1.82, 2.24) is 15.5 Å². The van der Waals surface area contributed by atoms with Crippen molar-refractivity contribution >= 4 is 5.91 Å². The number of hydrogen-bond acceptors (Lipinski definition) is 3. The van der Waals surface area contributed by atoms with E-state index in [2.05, 4.69) is 22.5 Å². The second-order valence-electron chi connectivity index (χ2n) is 7.40. The van der Waals surface area contributed by atoms with E-state index in [1.807, 2.05) is 13.8 Å². The third-order valence-electron chi connectivity index (χ3n) is 5.66. The van der Waals surface area contributed by atoms with Gasteiger partial charge in [0, 0.05) is 19.1 Å². The van der Waals surface area contributed by atoms with Gasteiger partial charge in [-0.3, -0.25) is 9.69 Å². The van der Waals surface area contributed by atoms with Gasteiger partial charge in [-0.25, -0.2) is 0 Å². The number of rotatable bonds is 3. The summed E-state index contributed by atoms with van der Waals surface area (Å²) in [6.45, 7) is 11.5. The van der Waals surface area contributed by atoms with Crippen LogP contribution in [0.5, 0.6) is 0 Å². The molecule has 22 heavy (non-hydrogen) atoms. The molecule has 1 amide bonds. The highest BCUT2D eigenvalue weighted by Crippen LogP contribution is 2.34. The van der Waals surface area contributed by atoms with Gasteiger partial charge in [0.2, 0.25) is 5.91 Å². The first kappa shape index (κ1) is 17.7. The fraction of sp³-hybridized carbons (Fsp3) is 0.944. The fourth-order valence-corrected chi connectivity index (χ4v) is 3.90. The average molecular weight is 309 g/mol. The lowest BCUT2D eigenvalue weighted by molar-refractivity contribution is -0.124. The van der Waals surface area contributed by atoms with Crippen LogP contribution in [0.15, 0.2) is 0 Å². The van der Waals surface area contributed by atoms with Gasteiger partial charge in [0.15, 0.2) is 0 Å². The molecule has 3 aliphatic rings. The lowest BCUT2D eigenvalue weighted by Gasteiger charge is -2.48. The molecule has 1 aliphatic carbocycles. The normalized spacial score (nSPS) is 30.9. The summed E-state index contributed by atoms with van der Waals surface area (Å²) in [6.07, 6.45) is 7.39. The predicted molar refractivity (Wildman–Crippen MR) is 91.9 cm³/mol. The zero-order chi connectivity index (χ0) is 16.0. The Labute approximate surface area is 136 Å². The topological polar surface area (TPSA) is 44.4 Å². The van der Waals surface area contributed by atoms with Gasteiger partial charge in [-0.05, 0) is 62.9 Å². The molecule has 128 valence electrons. The molecular weight excluding hydrogens is 274 g/mol. The second-order valence-corrected chi connectivity index (χ2v) is 7.40. The molecule has 0 aromatic rings. The zero-order valence-corrected chi connectivity index (χ0v) is 14.8. The molecule has 2 heterocycles. The number of carbonyl (C=O) groups is 1. The van der Waals surface area contributed by atoms with E-state index in [1.165, 1.54) is 51.6 Å². The Bertz CT molecular complexity index is 336. The third kappa shape index (κ3) is 4.69. The van der Waals surface area contributed by atoms with Crippen LogP contribution in [0.25, 0.3) is 0 Å². The average Bonchev–Trinajstić information content (AvgIpc) is 2.51. The second kappa shape index (κ2) is 8.30. The highest BCUT2D eigenvalue weighted by atomic mass is 16.2. The van der Waals surface area contributed by atoms with E-state index in [1.54, 1.807) is 0 Å². The van der Waals surface area contributed by atoms with Crippen LogP contribution < -0.4 is 10.6 Å². The molecule has 0 aromatic carbocycles. The van der Waals surface area contributed by atoms with Crippen LogP contribution in [-0.4, -0.2) is 49.6 Å². The Morgan fingerprint density at radius 3 is 2.23 bits per heavy atom. The molecule has 0 radical (unpaired) electrons. The molecule has 0 atom stereocenters. The first-order chi connectivity index (χ1) is 10.7. The van der Waals surface area contributed by atoms with Gasteiger partial charge in [-0.15, -0.1) is 0 Å². The Hall–Kier alpha value is -0.610. The van der Waals surface area contributed by atoms with Gasteiger partial charge in [-0.2, -0.15) is 0 Å². The smallest absolute Gasteiger partial charge is 0.234 e. The van der Waals surface area contributed by atoms with E-state index >= 15 is 0 Å². The van der Waals surface area contributed by atoms with Crippen LogP contribution in [0.4, 0.5) is 0 Å². The summed E-state index contributed by atoms with van der Waals surface area (Å²) >= 11 is 0.